The summed E-state index contributed by atoms with van der Waals surface area (Å²) in [6.45, 7) is 3.02. The summed E-state index contributed by atoms with van der Waals surface area (Å²) in [7, 11) is 0. The van der Waals surface area contributed by atoms with Gasteiger partial charge in [0.15, 0.2) is 17.3 Å². The maximum atomic E-state index is 12.7. The number of benzene rings is 3. The minimum atomic E-state index is -0.0654. The molecule has 130 valence electrons. The lowest BCUT2D eigenvalue weighted by molar-refractivity contribution is 0.103. The van der Waals surface area contributed by atoms with Crippen LogP contribution in [-0.4, -0.2) is 19.0 Å². The van der Waals surface area contributed by atoms with E-state index in [1.165, 1.54) is 0 Å². The highest BCUT2D eigenvalue weighted by Gasteiger charge is 2.16. The molecule has 0 aromatic heterocycles. The first-order valence-electron chi connectivity index (χ1n) is 8.48. The SMILES string of the molecule is Cc1ccccc1Oc1ccc(C(=O)c2ccc3c(c2)OCCO3)cc1. The van der Waals surface area contributed by atoms with Crippen molar-refractivity contribution in [2.45, 2.75) is 6.92 Å². The summed E-state index contributed by atoms with van der Waals surface area (Å²) in [5.74, 6) is 2.72. The number of carbonyl (C=O) groups is 1. The maximum Gasteiger partial charge on any atom is 0.193 e. The molecule has 3 aromatic carbocycles. The number of carbonyl (C=O) groups excluding carboxylic acids is 1. The molecule has 0 aliphatic carbocycles. The highest BCUT2D eigenvalue weighted by molar-refractivity contribution is 6.09. The molecule has 0 atom stereocenters. The Morgan fingerprint density at radius 3 is 2.31 bits per heavy atom. The molecular formula is C22H18O4. The zero-order valence-corrected chi connectivity index (χ0v) is 14.4. The minimum Gasteiger partial charge on any atom is -0.486 e. The molecule has 4 nitrogen and oxygen atoms in total. The van der Waals surface area contributed by atoms with Gasteiger partial charge in [-0.05, 0) is 61.0 Å². The molecule has 4 heteroatoms. The van der Waals surface area contributed by atoms with Crippen LogP contribution in [0.15, 0.2) is 66.7 Å². The second-order valence-corrected chi connectivity index (χ2v) is 6.08. The molecule has 0 radical (unpaired) electrons. The molecule has 4 rings (SSSR count). The van der Waals surface area contributed by atoms with Crippen molar-refractivity contribution in [3.63, 3.8) is 0 Å². The molecule has 0 fully saturated rings. The summed E-state index contributed by atoms with van der Waals surface area (Å²) in [4.78, 5) is 12.7. The van der Waals surface area contributed by atoms with Gasteiger partial charge in [0.1, 0.15) is 24.7 Å². The van der Waals surface area contributed by atoms with Crippen molar-refractivity contribution in [3.8, 4) is 23.0 Å². The Labute approximate surface area is 152 Å². The zero-order valence-electron chi connectivity index (χ0n) is 14.4. The van der Waals surface area contributed by atoms with Gasteiger partial charge in [0.2, 0.25) is 0 Å². The Morgan fingerprint density at radius 2 is 1.54 bits per heavy atom. The van der Waals surface area contributed by atoms with Crippen LogP contribution in [0.2, 0.25) is 0 Å². The van der Waals surface area contributed by atoms with Crippen LogP contribution in [0.4, 0.5) is 0 Å². The van der Waals surface area contributed by atoms with Crippen LogP contribution in [0.5, 0.6) is 23.0 Å². The van der Waals surface area contributed by atoms with Gasteiger partial charge in [-0.1, -0.05) is 18.2 Å². The van der Waals surface area contributed by atoms with E-state index in [4.69, 9.17) is 14.2 Å². The predicted octanol–water partition coefficient (Wildman–Crippen LogP) is 4.79. The molecule has 1 aliphatic rings. The van der Waals surface area contributed by atoms with Gasteiger partial charge < -0.3 is 14.2 Å². The van der Waals surface area contributed by atoms with Crippen molar-refractivity contribution in [1.82, 2.24) is 0 Å². The summed E-state index contributed by atoms with van der Waals surface area (Å²) in [5, 5.41) is 0. The normalized spacial score (nSPS) is 12.5. The van der Waals surface area contributed by atoms with E-state index < -0.39 is 0 Å². The molecule has 1 heterocycles. The Balaban J connectivity index is 1.53. The lowest BCUT2D eigenvalue weighted by atomic mass is 10.0. The highest BCUT2D eigenvalue weighted by Crippen LogP contribution is 2.32. The third-order valence-corrected chi connectivity index (χ3v) is 4.24. The second-order valence-electron chi connectivity index (χ2n) is 6.08. The van der Waals surface area contributed by atoms with Crippen molar-refractivity contribution < 1.29 is 19.0 Å². The first-order chi connectivity index (χ1) is 12.7. The van der Waals surface area contributed by atoms with E-state index in [-0.39, 0.29) is 5.78 Å². The lowest BCUT2D eigenvalue weighted by Crippen LogP contribution is -2.15. The molecule has 0 unspecified atom stereocenters. The van der Waals surface area contributed by atoms with Crippen molar-refractivity contribution >= 4 is 5.78 Å². The monoisotopic (exact) mass is 346 g/mol. The zero-order chi connectivity index (χ0) is 17.9. The maximum absolute atomic E-state index is 12.7. The standard InChI is InChI=1S/C22H18O4/c1-15-4-2-3-5-19(15)26-18-9-6-16(7-10-18)22(23)17-8-11-20-21(14-17)25-13-12-24-20/h2-11,14H,12-13H2,1H3. The van der Waals surface area contributed by atoms with E-state index in [0.29, 0.717) is 41.6 Å². The molecule has 0 N–H and O–H groups in total. The second kappa shape index (κ2) is 6.92. The van der Waals surface area contributed by atoms with Gasteiger partial charge in [0.25, 0.3) is 0 Å². The topological polar surface area (TPSA) is 44.8 Å². The first-order valence-corrected chi connectivity index (χ1v) is 8.48. The molecule has 1 aliphatic heterocycles. The van der Waals surface area contributed by atoms with Crippen LogP contribution < -0.4 is 14.2 Å². The van der Waals surface area contributed by atoms with Gasteiger partial charge in [-0.15, -0.1) is 0 Å². The predicted molar refractivity (Wildman–Crippen MR) is 98.6 cm³/mol. The van der Waals surface area contributed by atoms with Crippen LogP contribution in [0.25, 0.3) is 0 Å². The number of ether oxygens (including phenoxy) is 3. The van der Waals surface area contributed by atoms with Gasteiger partial charge in [0, 0.05) is 11.1 Å². The van der Waals surface area contributed by atoms with Crippen LogP contribution in [-0.2, 0) is 0 Å². The number of aryl methyl sites for hydroxylation is 1. The molecule has 0 amide bonds. The van der Waals surface area contributed by atoms with E-state index in [1.54, 1.807) is 42.5 Å². The summed E-state index contributed by atoms with van der Waals surface area (Å²) in [5.41, 5.74) is 2.23. The van der Waals surface area contributed by atoms with Gasteiger partial charge in [-0.25, -0.2) is 0 Å². The molecular weight excluding hydrogens is 328 g/mol. The Kier molecular flexibility index (Phi) is 4.32. The van der Waals surface area contributed by atoms with E-state index >= 15 is 0 Å². The minimum absolute atomic E-state index is 0.0654. The number of ketones is 1. The average Bonchev–Trinajstić information content (AvgIpc) is 2.69. The van der Waals surface area contributed by atoms with Gasteiger partial charge in [-0.3, -0.25) is 4.79 Å². The Morgan fingerprint density at radius 1 is 0.846 bits per heavy atom. The van der Waals surface area contributed by atoms with Gasteiger partial charge >= 0.3 is 0 Å². The molecule has 0 spiro atoms. The summed E-state index contributed by atoms with van der Waals surface area (Å²) < 4.78 is 16.9. The summed E-state index contributed by atoms with van der Waals surface area (Å²) >= 11 is 0. The van der Waals surface area contributed by atoms with E-state index in [2.05, 4.69) is 0 Å². The van der Waals surface area contributed by atoms with Crippen molar-refractivity contribution in [1.29, 1.82) is 0 Å². The van der Waals surface area contributed by atoms with E-state index in [0.717, 1.165) is 11.3 Å². The molecule has 3 aromatic rings. The van der Waals surface area contributed by atoms with Crippen LogP contribution >= 0.6 is 0 Å². The van der Waals surface area contributed by atoms with Crippen LogP contribution in [0, 0.1) is 6.92 Å². The van der Waals surface area contributed by atoms with E-state index in [1.807, 2.05) is 31.2 Å². The fourth-order valence-electron chi connectivity index (χ4n) is 2.82. The fourth-order valence-corrected chi connectivity index (χ4v) is 2.82. The molecule has 26 heavy (non-hydrogen) atoms. The average molecular weight is 346 g/mol. The first kappa shape index (κ1) is 16.2. The number of para-hydroxylation sites is 1. The Hall–Kier alpha value is -3.27. The molecule has 0 saturated heterocycles. The highest BCUT2D eigenvalue weighted by atomic mass is 16.6. The number of rotatable bonds is 4. The number of fused-ring (bicyclic) bond motifs is 1. The third-order valence-electron chi connectivity index (χ3n) is 4.24. The molecule has 0 saturated carbocycles. The number of hydrogen-bond donors (Lipinski definition) is 0. The lowest BCUT2D eigenvalue weighted by Gasteiger charge is -2.18. The van der Waals surface area contributed by atoms with Crippen LogP contribution in [0.1, 0.15) is 21.5 Å². The van der Waals surface area contributed by atoms with E-state index in [9.17, 15) is 4.79 Å². The number of hydrogen-bond acceptors (Lipinski definition) is 4. The summed E-state index contributed by atoms with van der Waals surface area (Å²) in [6, 6.07) is 20.2. The van der Waals surface area contributed by atoms with Crippen LogP contribution in [0.3, 0.4) is 0 Å². The fraction of sp³-hybridized carbons (Fsp3) is 0.136. The molecule has 0 bridgehead atoms. The van der Waals surface area contributed by atoms with Crippen molar-refractivity contribution in [2.75, 3.05) is 13.2 Å². The summed E-state index contributed by atoms with van der Waals surface area (Å²) in [6.07, 6.45) is 0. The van der Waals surface area contributed by atoms with Crippen molar-refractivity contribution in [2.24, 2.45) is 0 Å². The van der Waals surface area contributed by atoms with Gasteiger partial charge in [0.05, 0.1) is 0 Å². The third kappa shape index (κ3) is 3.26. The largest absolute Gasteiger partial charge is 0.486 e. The van der Waals surface area contributed by atoms with Crippen molar-refractivity contribution in [3.05, 3.63) is 83.4 Å². The van der Waals surface area contributed by atoms with Gasteiger partial charge in [-0.2, -0.15) is 0 Å². The smallest absolute Gasteiger partial charge is 0.193 e. The quantitative estimate of drug-likeness (QED) is 0.637. The Bertz CT molecular complexity index is 945.